The van der Waals surface area contributed by atoms with Crippen LogP contribution in [0.25, 0.3) is 11.2 Å². The van der Waals surface area contributed by atoms with Gasteiger partial charge in [-0.2, -0.15) is 0 Å². The van der Waals surface area contributed by atoms with Crippen LogP contribution in [-0.2, 0) is 4.74 Å². The smallest absolute Gasteiger partial charge is 0.279 e. The zero-order valence-electron chi connectivity index (χ0n) is 16.8. The second kappa shape index (κ2) is 8.32. The van der Waals surface area contributed by atoms with Crippen molar-refractivity contribution in [2.45, 2.75) is 56.4 Å². The number of fused-ring (bicyclic) bond motifs is 1. The highest BCUT2D eigenvalue weighted by atomic mass is 32.2. The number of rotatable bonds is 7. The van der Waals surface area contributed by atoms with Crippen molar-refractivity contribution in [1.82, 2.24) is 19.5 Å². The Bertz CT molecular complexity index is 953. The van der Waals surface area contributed by atoms with Gasteiger partial charge in [0.15, 0.2) is 22.5 Å². The Balaban J connectivity index is 2.01. The molecule has 1 saturated heterocycles. The zero-order valence-corrected chi connectivity index (χ0v) is 18.5. The average Bonchev–Trinajstić information content (AvgIpc) is 3.09. The maximum atomic E-state index is 12.3. The van der Waals surface area contributed by atoms with Crippen molar-refractivity contribution in [3.05, 3.63) is 16.2 Å². The summed E-state index contributed by atoms with van der Waals surface area (Å²) in [6.45, 7) is 6.73. The molecule has 0 saturated carbocycles. The molecule has 3 heterocycles. The van der Waals surface area contributed by atoms with Crippen LogP contribution >= 0.6 is 18.6 Å². The van der Waals surface area contributed by atoms with Gasteiger partial charge in [-0.3, -0.25) is 9.36 Å². The van der Waals surface area contributed by atoms with Gasteiger partial charge in [0.2, 0.25) is 0 Å². The molecular formula is C18H29N4O4PS. The minimum atomic E-state index is -1.27. The fourth-order valence-electron chi connectivity index (χ4n) is 3.26. The minimum absolute atomic E-state index is 0.211. The summed E-state index contributed by atoms with van der Waals surface area (Å²) in [5.41, 5.74) is 0.247. The Hall–Kier alpha value is -1.12. The van der Waals surface area contributed by atoms with Crippen molar-refractivity contribution < 1.29 is 14.9 Å². The van der Waals surface area contributed by atoms with E-state index in [0.717, 1.165) is 18.3 Å². The molecule has 1 aliphatic rings. The monoisotopic (exact) mass is 428 g/mol. The van der Waals surface area contributed by atoms with Crippen LogP contribution < -0.4 is 5.56 Å². The first kappa shape index (κ1) is 21.6. The van der Waals surface area contributed by atoms with Crippen molar-refractivity contribution in [2.24, 2.45) is 0 Å². The lowest BCUT2D eigenvalue weighted by Gasteiger charge is -2.19. The van der Waals surface area contributed by atoms with Gasteiger partial charge in [-0.15, -0.1) is 13.2 Å². The molecule has 0 spiro atoms. The molecule has 2 unspecified atom stereocenters. The highest BCUT2D eigenvalue weighted by Gasteiger charge is 2.45. The third-order valence-corrected chi connectivity index (χ3v) is 7.31. The molecule has 1 aliphatic heterocycles. The zero-order chi connectivity index (χ0) is 20.6. The molecular weight excluding hydrogens is 399 g/mol. The second-order valence-corrected chi connectivity index (χ2v) is 13.3. The molecule has 4 atom stereocenters. The normalized spacial score (nSPS) is 25.6. The Morgan fingerprint density at radius 2 is 2.04 bits per heavy atom. The molecule has 3 N–H and O–H groups in total. The van der Waals surface area contributed by atoms with Crippen LogP contribution in [0, 0.1) is 6.92 Å². The first-order valence-electron chi connectivity index (χ1n) is 9.43. The Labute approximate surface area is 168 Å². The summed E-state index contributed by atoms with van der Waals surface area (Å²) in [5.74, 6) is 1.26. The topological polar surface area (TPSA) is 113 Å². The van der Waals surface area contributed by atoms with Gasteiger partial charge in [-0.1, -0.05) is 18.7 Å². The molecule has 1 fully saturated rings. The van der Waals surface area contributed by atoms with Crippen molar-refractivity contribution >= 4 is 36.1 Å². The molecule has 0 aromatic carbocycles. The maximum absolute atomic E-state index is 12.3. The number of nitrogens with zero attached hydrogens (tertiary/aromatic N) is 3. The van der Waals surface area contributed by atoms with Gasteiger partial charge < -0.3 is 19.9 Å². The van der Waals surface area contributed by atoms with E-state index in [2.05, 4.69) is 41.5 Å². The van der Waals surface area contributed by atoms with E-state index in [0.29, 0.717) is 23.0 Å². The van der Waals surface area contributed by atoms with Gasteiger partial charge >= 0.3 is 0 Å². The standard InChI is InChI=1S/C18H29N4O4PS/c1-6-9-28-18-21-12-15(19-10(2)20-16(12)25)22(18)17-14(24)13(23)11(26-17)7-8-27(3,4)5/h11,13-14,17,23-24H,3,6-9H2,1-2,4-5H3,(H,19,20,25)/t11-,13-,14?,17?/m1/s1. The SMILES string of the molecule is C=P(C)(C)CC[C@H]1OC(n2c(SCCC)nc3c(=O)[nH]c(C)nc32)C(O)[C@@H]1O. The van der Waals surface area contributed by atoms with Crippen LogP contribution in [0.15, 0.2) is 9.95 Å². The predicted molar refractivity (Wildman–Crippen MR) is 115 cm³/mol. The molecule has 156 valence electrons. The number of ether oxygens (including phenoxy) is 1. The first-order valence-corrected chi connectivity index (χ1v) is 13.5. The Morgan fingerprint density at radius 3 is 2.68 bits per heavy atom. The number of hydrogen-bond donors (Lipinski definition) is 3. The van der Waals surface area contributed by atoms with E-state index < -0.39 is 31.4 Å². The van der Waals surface area contributed by atoms with E-state index in [4.69, 9.17) is 4.74 Å². The lowest BCUT2D eigenvalue weighted by Crippen LogP contribution is -2.32. The number of H-pyrrole nitrogens is 1. The number of imidazole rings is 1. The van der Waals surface area contributed by atoms with Crippen LogP contribution in [0.5, 0.6) is 0 Å². The van der Waals surface area contributed by atoms with Crippen molar-refractivity contribution in [1.29, 1.82) is 0 Å². The fourth-order valence-corrected chi connectivity index (χ4v) is 5.08. The van der Waals surface area contributed by atoms with Gasteiger partial charge in [0.1, 0.15) is 18.0 Å². The molecule has 3 rings (SSSR count). The number of aliphatic hydroxyl groups excluding tert-OH is 2. The highest BCUT2D eigenvalue weighted by molar-refractivity contribution is 7.99. The van der Waals surface area contributed by atoms with Gasteiger partial charge in [0, 0.05) is 5.75 Å². The quantitative estimate of drug-likeness (QED) is 0.454. The number of hydrogen-bond acceptors (Lipinski definition) is 7. The summed E-state index contributed by atoms with van der Waals surface area (Å²) < 4.78 is 7.74. The van der Waals surface area contributed by atoms with Crippen LogP contribution in [0.4, 0.5) is 0 Å². The van der Waals surface area contributed by atoms with Crippen LogP contribution in [0.1, 0.15) is 31.8 Å². The largest absolute Gasteiger partial charge is 0.388 e. The molecule has 2 aromatic heterocycles. The summed E-state index contributed by atoms with van der Waals surface area (Å²) in [6.07, 6.45) is 3.12. The molecule has 0 bridgehead atoms. The molecule has 0 amide bonds. The molecule has 10 heteroatoms. The number of thioether (sulfide) groups is 1. The first-order chi connectivity index (χ1) is 13.1. The van der Waals surface area contributed by atoms with Gasteiger partial charge in [0.05, 0.1) is 6.10 Å². The van der Waals surface area contributed by atoms with Crippen molar-refractivity contribution in [2.75, 3.05) is 25.2 Å². The summed E-state index contributed by atoms with van der Waals surface area (Å²) in [4.78, 5) is 23.9. The lowest BCUT2D eigenvalue weighted by atomic mass is 10.1. The molecule has 28 heavy (non-hydrogen) atoms. The molecule has 0 radical (unpaired) electrons. The summed E-state index contributed by atoms with van der Waals surface area (Å²) >= 11 is 1.48. The van der Waals surface area contributed by atoms with Crippen LogP contribution in [0.3, 0.4) is 0 Å². The van der Waals surface area contributed by atoms with E-state index in [1.54, 1.807) is 11.5 Å². The van der Waals surface area contributed by atoms with Crippen LogP contribution in [0.2, 0.25) is 0 Å². The highest BCUT2D eigenvalue weighted by Crippen LogP contribution is 2.40. The number of nitrogens with one attached hydrogen (secondary N) is 1. The van der Waals surface area contributed by atoms with Gasteiger partial charge in [0.25, 0.3) is 5.56 Å². The number of aryl methyl sites for hydroxylation is 1. The Morgan fingerprint density at radius 1 is 1.32 bits per heavy atom. The average molecular weight is 428 g/mol. The molecule has 8 nitrogen and oxygen atoms in total. The molecule has 2 aromatic rings. The second-order valence-electron chi connectivity index (χ2n) is 7.93. The van der Waals surface area contributed by atoms with E-state index in [9.17, 15) is 15.0 Å². The van der Waals surface area contributed by atoms with Crippen molar-refractivity contribution in [3.63, 3.8) is 0 Å². The lowest BCUT2D eigenvalue weighted by molar-refractivity contribution is -0.0400. The Kier molecular flexibility index (Phi) is 6.41. The number of aromatic amines is 1. The summed E-state index contributed by atoms with van der Waals surface area (Å²) in [6, 6.07) is 0. The van der Waals surface area contributed by atoms with E-state index in [1.165, 1.54) is 11.8 Å². The number of aromatic nitrogens is 4. The molecule has 0 aliphatic carbocycles. The maximum Gasteiger partial charge on any atom is 0.279 e. The number of aliphatic hydroxyl groups is 2. The fraction of sp³-hybridized carbons (Fsp3) is 0.667. The van der Waals surface area contributed by atoms with Gasteiger partial charge in [-0.25, -0.2) is 9.97 Å². The third-order valence-electron chi connectivity index (χ3n) is 4.68. The van der Waals surface area contributed by atoms with E-state index in [1.807, 2.05) is 0 Å². The van der Waals surface area contributed by atoms with Crippen molar-refractivity contribution in [3.8, 4) is 0 Å². The summed E-state index contributed by atoms with van der Waals surface area (Å²) in [7, 11) is 0. The third kappa shape index (κ3) is 4.39. The van der Waals surface area contributed by atoms with Gasteiger partial charge in [-0.05, 0) is 39.3 Å². The van der Waals surface area contributed by atoms with E-state index in [-0.39, 0.29) is 11.1 Å². The predicted octanol–water partition coefficient (Wildman–Crippen LogP) is 1.65. The van der Waals surface area contributed by atoms with E-state index >= 15 is 0 Å². The van der Waals surface area contributed by atoms with Crippen LogP contribution in [-0.4, -0.2) is 79.6 Å². The summed E-state index contributed by atoms with van der Waals surface area (Å²) in [5, 5.41) is 21.8. The minimum Gasteiger partial charge on any atom is -0.388 e.